The molecule has 2 aromatic heterocycles. The van der Waals surface area contributed by atoms with Crippen molar-refractivity contribution in [1.82, 2.24) is 9.88 Å². The molecule has 1 atom stereocenters. The second-order valence-electron chi connectivity index (χ2n) is 7.25. The summed E-state index contributed by atoms with van der Waals surface area (Å²) in [6.07, 6.45) is 1.04. The smallest absolute Gasteiger partial charge is 0.320 e. The largest absolute Gasteiger partial charge is 0.505 e. The van der Waals surface area contributed by atoms with E-state index in [0.29, 0.717) is 4.88 Å². The molecule has 0 aliphatic heterocycles. The molecular weight excluding hydrogens is 418 g/mol. The number of urea groups is 1. The van der Waals surface area contributed by atoms with Crippen molar-refractivity contribution in [1.29, 1.82) is 0 Å². The Kier molecular flexibility index (Phi) is 6.45. The number of rotatable bonds is 6. The lowest BCUT2D eigenvalue weighted by atomic mass is 9.97. The molecule has 0 unspecified atom stereocenters. The van der Waals surface area contributed by atoms with E-state index in [-0.39, 0.29) is 17.9 Å². The fourth-order valence-electron chi connectivity index (χ4n) is 3.38. The van der Waals surface area contributed by atoms with Gasteiger partial charge in [0.15, 0.2) is 5.69 Å². The number of carboxylic acid groups (broad SMARTS) is 1. The van der Waals surface area contributed by atoms with Gasteiger partial charge in [-0.15, -0.1) is 11.3 Å². The van der Waals surface area contributed by atoms with E-state index in [4.69, 9.17) is 0 Å². The van der Waals surface area contributed by atoms with E-state index in [1.165, 1.54) is 35.2 Å². The number of thiophene rings is 1. The Morgan fingerprint density at radius 2 is 1.87 bits per heavy atom. The Morgan fingerprint density at radius 3 is 2.52 bits per heavy atom. The van der Waals surface area contributed by atoms with Crippen molar-refractivity contribution < 1.29 is 19.8 Å². The van der Waals surface area contributed by atoms with Crippen molar-refractivity contribution in [2.24, 2.45) is 7.05 Å². The first kappa shape index (κ1) is 22.1. The van der Waals surface area contributed by atoms with Crippen LogP contribution in [0.25, 0.3) is 11.1 Å². The minimum atomic E-state index is -1.08. The average Bonchev–Trinajstić information content (AvgIpc) is 3.17. The third kappa shape index (κ3) is 4.95. The van der Waals surface area contributed by atoms with Crippen LogP contribution in [0.4, 0.5) is 10.5 Å². The van der Waals surface area contributed by atoms with Crippen LogP contribution in [0.3, 0.4) is 0 Å². The van der Waals surface area contributed by atoms with Crippen molar-refractivity contribution in [3.63, 3.8) is 0 Å². The summed E-state index contributed by atoms with van der Waals surface area (Å²) < 4.78 is 1.21. The fraction of sp³-hybridized carbons (Fsp3) is 0.227. The van der Waals surface area contributed by atoms with Gasteiger partial charge in [0.05, 0.1) is 12.5 Å². The average molecular weight is 442 g/mol. The first-order valence-corrected chi connectivity index (χ1v) is 10.4. The zero-order chi connectivity index (χ0) is 22.7. The van der Waals surface area contributed by atoms with Crippen molar-refractivity contribution in [3.05, 3.63) is 68.3 Å². The number of hydrogen-bond acceptors (Lipinski definition) is 5. The summed E-state index contributed by atoms with van der Waals surface area (Å²) >= 11 is 1.35. The number of aryl methyl sites for hydroxylation is 3. The first-order chi connectivity index (χ1) is 14.7. The Balaban J connectivity index is 1.86. The first-order valence-electron chi connectivity index (χ1n) is 9.50. The molecule has 8 nitrogen and oxygen atoms in total. The lowest BCUT2D eigenvalue weighted by molar-refractivity contribution is -0.137. The lowest BCUT2D eigenvalue weighted by Gasteiger charge is -2.16. The summed E-state index contributed by atoms with van der Waals surface area (Å²) in [6.45, 7) is 4.01. The Morgan fingerprint density at radius 1 is 1.19 bits per heavy atom. The van der Waals surface area contributed by atoms with E-state index in [2.05, 4.69) is 10.6 Å². The maximum absolute atomic E-state index is 12.5. The molecule has 0 aliphatic carbocycles. The summed E-state index contributed by atoms with van der Waals surface area (Å²) in [5.74, 6) is -1.45. The molecular formula is C22H23N3O5S. The molecule has 0 aliphatic rings. The predicted molar refractivity (Wildman–Crippen MR) is 120 cm³/mol. The molecule has 0 fully saturated rings. The van der Waals surface area contributed by atoms with E-state index in [1.807, 2.05) is 43.5 Å². The van der Waals surface area contributed by atoms with Gasteiger partial charge in [-0.1, -0.05) is 18.2 Å². The van der Waals surface area contributed by atoms with Gasteiger partial charge in [-0.3, -0.25) is 9.59 Å². The van der Waals surface area contributed by atoms with Gasteiger partial charge in [-0.05, 0) is 53.6 Å². The number of aromatic nitrogens is 1. The van der Waals surface area contributed by atoms with E-state index in [9.17, 15) is 24.6 Å². The Labute approximate surface area is 182 Å². The second-order valence-corrected chi connectivity index (χ2v) is 8.19. The number of carboxylic acids is 1. The topological polar surface area (TPSA) is 121 Å². The monoisotopic (exact) mass is 441 g/mol. The van der Waals surface area contributed by atoms with E-state index in [1.54, 1.807) is 0 Å². The number of nitrogens with one attached hydrogen (secondary N) is 2. The van der Waals surface area contributed by atoms with Crippen LogP contribution in [0.5, 0.6) is 5.75 Å². The van der Waals surface area contributed by atoms with Crippen molar-refractivity contribution >= 4 is 29.0 Å². The molecule has 4 N–H and O–H groups in total. The van der Waals surface area contributed by atoms with Crippen LogP contribution in [0, 0.1) is 13.8 Å². The number of pyridine rings is 1. The Hall–Kier alpha value is -3.59. The SMILES string of the molecule is Cc1cccc(C)c1-c1csc([C@H](CC(=O)O)NC(=O)Nc2c(O)ccn(C)c2=O)c1. The van der Waals surface area contributed by atoms with Crippen LogP contribution in [0.2, 0.25) is 0 Å². The minimum Gasteiger partial charge on any atom is -0.505 e. The lowest BCUT2D eigenvalue weighted by Crippen LogP contribution is -2.35. The van der Waals surface area contributed by atoms with E-state index < -0.39 is 23.6 Å². The molecule has 3 rings (SSSR count). The molecule has 3 aromatic rings. The highest BCUT2D eigenvalue weighted by molar-refractivity contribution is 7.10. The molecule has 0 bridgehead atoms. The quantitative estimate of drug-likeness (QED) is 0.464. The molecule has 162 valence electrons. The third-order valence-corrected chi connectivity index (χ3v) is 5.95. The number of hydrogen-bond donors (Lipinski definition) is 4. The zero-order valence-corrected chi connectivity index (χ0v) is 18.1. The van der Waals surface area contributed by atoms with Gasteiger partial charge in [-0.25, -0.2) is 4.79 Å². The van der Waals surface area contributed by atoms with E-state index in [0.717, 1.165) is 22.3 Å². The highest BCUT2D eigenvalue weighted by atomic mass is 32.1. The van der Waals surface area contributed by atoms with Gasteiger partial charge in [-0.2, -0.15) is 0 Å². The number of amides is 2. The highest BCUT2D eigenvalue weighted by Crippen LogP contribution is 2.34. The van der Waals surface area contributed by atoms with Crippen LogP contribution in [0.15, 0.2) is 46.7 Å². The van der Waals surface area contributed by atoms with Gasteiger partial charge in [0, 0.05) is 18.1 Å². The van der Waals surface area contributed by atoms with Gasteiger partial charge in [0.25, 0.3) is 5.56 Å². The van der Waals surface area contributed by atoms with Gasteiger partial charge >= 0.3 is 12.0 Å². The minimum absolute atomic E-state index is 0.279. The number of carbonyl (C=O) groups is 2. The normalized spacial score (nSPS) is 11.7. The molecule has 0 saturated carbocycles. The molecule has 9 heteroatoms. The van der Waals surface area contributed by atoms with Crippen molar-refractivity contribution in [2.45, 2.75) is 26.3 Å². The number of aromatic hydroxyl groups is 1. The summed E-state index contributed by atoms with van der Waals surface area (Å²) in [6, 6.07) is 7.54. The summed E-state index contributed by atoms with van der Waals surface area (Å²) in [4.78, 5) is 36.7. The third-order valence-electron chi connectivity index (χ3n) is 4.90. The van der Waals surface area contributed by atoms with Crippen LogP contribution in [-0.4, -0.2) is 26.8 Å². The standard InChI is InChI=1S/C22H23N3O5S/c1-12-5-4-6-13(2)19(12)14-9-17(31-11-14)15(10-18(27)28)23-22(30)24-20-16(26)7-8-25(3)21(20)29/h4-9,11,15,26H,10H2,1-3H3,(H,27,28)(H2,23,24,30)/t15-/m0/s1. The summed E-state index contributed by atoms with van der Waals surface area (Å²) in [7, 11) is 1.48. The van der Waals surface area contributed by atoms with Crippen molar-refractivity contribution in [2.75, 3.05) is 5.32 Å². The van der Waals surface area contributed by atoms with Crippen LogP contribution in [-0.2, 0) is 11.8 Å². The van der Waals surface area contributed by atoms with Crippen LogP contribution >= 0.6 is 11.3 Å². The predicted octanol–water partition coefficient (Wildman–Crippen LogP) is 3.77. The van der Waals surface area contributed by atoms with Crippen LogP contribution in [0.1, 0.15) is 28.5 Å². The number of benzene rings is 1. The fourth-order valence-corrected chi connectivity index (χ4v) is 4.33. The number of aliphatic carboxylic acids is 1. The highest BCUT2D eigenvalue weighted by Gasteiger charge is 2.22. The summed E-state index contributed by atoms with van der Waals surface area (Å²) in [5, 5.41) is 26.1. The maximum Gasteiger partial charge on any atom is 0.320 e. The second kappa shape index (κ2) is 9.05. The number of carbonyl (C=O) groups excluding carboxylic acids is 1. The zero-order valence-electron chi connectivity index (χ0n) is 17.3. The molecule has 0 radical (unpaired) electrons. The molecule has 31 heavy (non-hydrogen) atoms. The van der Waals surface area contributed by atoms with Gasteiger partial charge < -0.3 is 25.4 Å². The molecule has 2 heterocycles. The van der Waals surface area contributed by atoms with Gasteiger partial charge in [0.2, 0.25) is 0 Å². The summed E-state index contributed by atoms with van der Waals surface area (Å²) in [5.41, 5.74) is 3.35. The molecule has 0 spiro atoms. The maximum atomic E-state index is 12.5. The molecule has 2 amide bonds. The van der Waals surface area contributed by atoms with E-state index >= 15 is 0 Å². The van der Waals surface area contributed by atoms with Crippen LogP contribution < -0.4 is 16.2 Å². The van der Waals surface area contributed by atoms with Crippen molar-refractivity contribution in [3.8, 4) is 16.9 Å². The molecule has 0 saturated heterocycles. The Bertz CT molecular complexity index is 1180. The number of anilines is 1. The van der Waals surface area contributed by atoms with Gasteiger partial charge in [0.1, 0.15) is 5.75 Å². The molecule has 1 aromatic carbocycles. The number of nitrogens with zero attached hydrogens (tertiary/aromatic N) is 1.